The van der Waals surface area contributed by atoms with E-state index >= 15 is 0 Å². The highest BCUT2D eigenvalue weighted by atomic mass is 32.2. The molecule has 0 atom stereocenters. The Morgan fingerprint density at radius 1 is 1.07 bits per heavy atom. The predicted molar refractivity (Wildman–Crippen MR) is 127 cm³/mol. The second-order valence-corrected chi connectivity index (χ2v) is 9.10. The molecule has 3 rings (SSSR count). The van der Waals surface area contributed by atoms with Crippen LogP contribution in [0.25, 0.3) is 5.70 Å². The van der Waals surface area contributed by atoms with E-state index in [0.29, 0.717) is 11.6 Å². The van der Waals surface area contributed by atoms with E-state index in [1.165, 1.54) is 37.9 Å². The summed E-state index contributed by atoms with van der Waals surface area (Å²) in [5.41, 5.74) is 14.5. The first-order chi connectivity index (χ1) is 13.8. The summed E-state index contributed by atoms with van der Waals surface area (Å²) in [6.45, 7) is 16.0. The van der Waals surface area contributed by atoms with Gasteiger partial charge in [0.05, 0.1) is 5.03 Å². The average Bonchev–Trinajstić information content (AvgIpc) is 2.94. The van der Waals surface area contributed by atoms with Gasteiger partial charge in [0.25, 0.3) is 0 Å². The summed E-state index contributed by atoms with van der Waals surface area (Å²) < 4.78 is 2.41. The van der Waals surface area contributed by atoms with E-state index in [2.05, 4.69) is 94.3 Å². The number of aryl methyl sites for hydroxylation is 2. The van der Waals surface area contributed by atoms with Crippen LogP contribution in [0.2, 0.25) is 0 Å². The van der Waals surface area contributed by atoms with Crippen LogP contribution in [-0.2, 0) is 13.0 Å². The smallest absolute Gasteiger partial charge is 0.0843 e. The van der Waals surface area contributed by atoms with Crippen LogP contribution in [0.1, 0.15) is 60.2 Å². The van der Waals surface area contributed by atoms with Crippen molar-refractivity contribution in [3.05, 3.63) is 88.6 Å². The molecule has 0 fully saturated rings. The highest BCUT2D eigenvalue weighted by molar-refractivity contribution is 7.99. The maximum Gasteiger partial charge on any atom is 0.0843 e. The second-order valence-electron chi connectivity index (χ2n) is 8.04. The molecule has 0 spiro atoms. The Labute approximate surface area is 179 Å². The minimum Gasteiger partial charge on any atom is -0.399 e. The van der Waals surface area contributed by atoms with Crippen LogP contribution < -0.4 is 5.73 Å². The van der Waals surface area contributed by atoms with Crippen molar-refractivity contribution in [1.29, 1.82) is 0 Å². The topological polar surface area (TPSA) is 30.9 Å². The summed E-state index contributed by atoms with van der Waals surface area (Å²) in [5, 5.41) is 1.27. The first-order valence-corrected chi connectivity index (χ1v) is 11.1. The predicted octanol–water partition coefficient (Wildman–Crippen LogP) is 6.92. The molecule has 0 unspecified atom stereocenters. The summed E-state index contributed by atoms with van der Waals surface area (Å²) in [6.07, 6.45) is 1.04. The fourth-order valence-electron chi connectivity index (χ4n) is 3.94. The van der Waals surface area contributed by atoms with Gasteiger partial charge in [-0.1, -0.05) is 75.5 Å². The average molecular weight is 405 g/mol. The number of rotatable bonds is 7. The summed E-state index contributed by atoms with van der Waals surface area (Å²) in [4.78, 5) is 1.28. The molecule has 1 aromatic heterocycles. The zero-order chi connectivity index (χ0) is 21.1. The minimum absolute atomic E-state index is 0.360. The third-order valence-electron chi connectivity index (χ3n) is 5.33. The third-order valence-corrected chi connectivity index (χ3v) is 6.43. The number of hydrogen-bond donors (Lipinski definition) is 1. The van der Waals surface area contributed by atoms with Crippen molar-refractivity contribution in [2.24, 2.45) is 5.73 Å². The van der Waals surface area contributed by atoms with Crippen molar-refractivity contribution < 1.29 is 0 Å². The SMILES string of the molecule is C=C(N)c1c(C(C)C)c(Sc2cc(C)cc(CC)c2)n(Cc2ccccc2)c1C. The molecule has 3 heteroatoms. The molecule has 0 radical (unpaired) electrons. The molecule has 0 aliphatic heterocycles. The van der Waals surface area contributed by atoms with Crippen molar-refractivity contribution in [2.45, 2.75) is 63.4 Å². The van der Waals surface area contributed by atoms with Crippen LogP contribution in [0.4, 0.5) is 0 Å². The normalized spacial score (nSPS) is 11.2. The molecule has 0 aliphatic carbocycles. The molecule has 2 N–H and O–H groups in total. The summed E-state index contributed by atoms with van der Waals surface area (Å²) in [7, 11) is 0. The van der Waals surface area contributed by atoms with E-state index in [-0.39, 0.29) is 0 Å². The number of nitrogens with zero attached hydrogens (tertiary/aromatic N) is 1. The molecular weight excluding hydrogens is 372 g/mol. The molecule has 2 nitrogen and oxygen atoms in total. The molecule has 1 heterocycles. The Hall–Kier alpha value is -2.39. The third kappa shape index (κ3) is 4.62. The maximum absolute atomic E-state index is 6.27. The van der Waals surface area contributed by atoms with Gasteiger partial charge in [0.15, 0.2) is 0 Å². The zero-order valence-corrected chi connectivity index (χ0v) is 19.1. The Morgan fingerprint density at radius 3 is 2.34 bits per heavy atom. The Bertz CT molecular complexity index is 1010. The van der Waals surface area contributed by atoms with Crippen molar-refractivity contribution >= 4 is 17.5 Å². The fraction of sp³-hybridized carbons (Fsp3) is 0.308. The van der Waals surface area contributed by atoms with Gasteiger partial charge in [-0.25, -0.2) is 0 Å². The van der Waals surface area contributed by atoms with Gasteiger partial charge in [0.1, 0.15) is 0 Å². The molecule has 2 aromatic carbocycles. The standard InChI is InChI=1S/C26H32N2S/c1-7-21-13-18(4)14-23(15-21)29-26-24(17(2)3)25(19(5)27)20(6)28(26)16-22-11-9-8-10-12-22/h8-15,17H,5,7,16,27H2,1-4,6H3. The summed E-state index contributed by atoms with van der Waals surface area (Å²) in [5.74, 6) is 0.360. The molecule has 0 saturated carbocycles. The van der Waals surface area contributed by atoms with Gasteiger partial charge in [-0.2, -0.15) is 0 Å². The van der Waals surface area contributed by atoms with Crippen LogP contribution in [0.15, 0.2) is 65.0 Å². The molecule has 0 amide bonds. The van der Waals surface area contributed by atoms with Gasteiger partial charge in [-0.15, -0.1) is 0 Å². The van der Waals surface area contributed by atoms with Crippen LogP contribution in [0.5, 0.6) is 0 Å². The van der Waals surface area contributed by atoms with Gasteiger partial charge in [0, 0.05) is 28.4 Å². The molecule has 0 saturated heterocycles. The van der Waals surface area contributed by atoms with E-state index in [9.17, 15) is 0 Å². The van der Waals surface area contributed by atoms with E-state index in [1.54, 1.807) is 0 Å². The first kappa shape index (κ1) is 21.3. The lowest BCUT2D eigenvalue weighted by Gasteiger charge is -2.15. The van der Waals surface area contributed by atoms with Gasteiger partial charge >= 0.3 is 0 Å². The zero-order valence-electron chi connectivity index (χ0n) is 18.3. The quantitative estimate of drug-likeness (QED) is 0.463. The number of benzene rings is 2. The lowest BCUT2D eigenvalue weighted by Crippen LogP contribution is -2.04. The van der Waals surface area contributed by atoms with Crippen LogP contribution >= 0.6 is 11.8 Å². The Morgan fingerprint density at radius 2 is 1.76 bits per heavy atom. The molecular formula is C26H32N2S. The van der Waals surface area contributed by atoms with Crippen molar-refractivity contribution in [3.63, 3.8) is 0 Å². The van der Waals surface area contributed by atoms with Crippen LogP contribution in [-0.4, -0.2) is 4.57 Å². The highest BCUT2D eigenvalue weighted by Gasteiger charge is 2.24. The minimum atomic E-state index is 0.360. The van der Waals surface area contributed by atoms with Gasteiger partial charge in [-0.05, 0) is 60.6 Å². The maximum atomic E-state index is 6.27. The molecule has 29 heavy (non-hydrogen) atoms. The van der Waals surface area contributed by atoms with Gasteiger partial charge in [0.2, 0.25) is 0 Å². The number of hydrogen-bond acceptors (Lipinski definition) is 2. The molecule has 152 valence electrons. The highest BCUT2D eigenvalue weighted by Crippen LogP contribution is 2.41. The van der Waals surface area contributed by atoms with Crippen molar-refractivity contribution in [1.82, 2.24) is 4.57 Å². The lowest BCUT2D eigenvalue weighted by molar-refractivity contribution is 0.690. The number of aromatic nitrogens is 1. The second kappa shape index (κ2) is 8.96. The molecule has 3 aromatic rings. The van der Waals surface area contributed by atoms with Crippen LogP contribution in [0.3, 0.4) is 0 Å². The Balaban J connectivity index is 2.18. The monoisotopic (exact) mass is 404 g/mol. The fourth-order valence-corrected chi connectivity index (χ4v) is 5.38. The lowest BCUT2D eigenvalue weighted by atomic mass is 9.99. The first-order valence-electron chi connectivity index (χ1n) is 10.3. The largest absolute Gasteiger partial charge is 0.399 e. The van der Waals surface area contributed by atoms with Gasteiger partial charge < -0.3 is 10.3 Å². The van der Waals surface area contributed by atoms with E-state index in [0.717, 1.165) is 18.5 Å². The number of nitrogens with two attached hydrogens (primary N) is 1. The van der Waals surface area contributed by atoms with E-state index < -0.39 is 0 Å². The van der Waals surface area contributed by atoms with Crippen molar-refractivity contribution in [2.75, 3.05) is 0 Å². The molecule has 0 bridgehead atoms. The van der Waals surface area contributed by atoms with E-state index in [1.807, 2.05) is 11.8 Å². The van der Waals surface area contributed by atoms with Crippen LogP contribution in [0, 0.1) is 13.8 Å². The van der Waals surface area contributed by atoms with E-state index in [4.69, 9.17) is 5.73 Å². The van der Waals surface area contributed by atoms with Crippen molar-refractivity contribution in [3.8, 4) is 0 Å². The molecule has 0 aliphatic rings. The van der Waals surface area contributed by atoms with Gasteiger partial charge in [-0.3, -0.25) is 0 Å². The summed E-state index contributed by atoms with van der Waals surface area (Å²) >= 11 is 1.85. The summed E-state index contributed by atoms with van der Waals surface area (Å²) in [6, 6.07) is 17.5. The Kier molecular flexibility index (Phi) is 6.59.